The zero-order chi connectivity index (χ0) is 12.3. The van der Waals surface area contributed by atoms with Crippen LogP contribution in [0, 0.1) is 5.41 Å². The van der Waals surface area contributed by atoms with E-state index in [1.807, 2.05) is 24.3 Å². The van der Waals surface area contributed by atoms with E-state index in [0.29, 0.717) is 5.41 Å². The Morgan fingerprint density at radius 2 is 2.00 bits per heavy atom. The minimum atomic E-state index is 0.473. The quantitative estimate of drug-likeness (QED) is 0.813. The maximum Gasteiger partial charge on any atom is 0.119 e. The van der Waals surface area contributed by atoms with Gasteiger partial charge in [-0.3, -0.25) is 4.90 Å². The molecule has 0 bridgehead atoms. The van der Waals surface area contributed by atoms with Crippen LogP contribution in [-0.4, -0.2) is 31.1 Å². The van der Waals surface area contributed by atoms with Gasteiger partial charge in [0.15, 0.2) is 0 Å². The molecule has 3 nitrogen and oxygen atoms in total. The summed E-state index contributed by atoms with van der Waals surface area (Å²) in [6, 6.07) is 7.58. The Balaban J connectivity index is 1.71. The number of nitrogens with two attached hydrogens (primary N) is 1. The lowest BCUT2D eigenvalue weighted by Gasteiger charge is -2.19. The van der Waals surface area contributed by atoms with E-state index in [0.717, 1.165) is 24.6 Å². The number of ether oxygens (including phenoxy) is 1. The third-order valence-corrected chi connectivity index (χ3v) is 3.31. The number of hydrogen-bond acceptors (Lipinski definition) is 3. The van der Waals surface area contributed by atoms with Crippen LogP contribution in [-0.2, 0) is 0 Å². The lowest BCUT2D eigenvalue weighted by Crippen LogP contribution is -2.27. The third kappa shape index (κ3) is 3.63. The second-order valence-electron chi connectivity index (χ2n) is 5.61. The summed E-state index contributed by atoms with van der Waals surface area (Å²) in [5.41, 5.74) is 6.87. The predicted octanol–water partition coefficient (Wildman–Crippen LogP) is 2.38. The van der Waals surface area contributed by atoms with Crippen LogP contribution in [0.2, 0.25) is 0 Å². The molecule has 1 fully saturated rings. The van der Waals surface area contributed by atoms with Gasteiger partial charge in [-0.05, 0) is 42.6 Å². The van der Waals surface area contributed by atoms with E-state index >= 15 is 0 Å². The Labute approximate surface area is 104 Å². The maximum absolute atomic E-state index is 5.69. The summed E-state index contributed by atoms with van der Waals surface area (Å²) in [5, 5.41) is 0. The Morgan fingerprint density at radius 3 is 2.59 bits per heavy atom. The largest absolute Gasteiger partial charge is 0.492 e. The maximum atomic E-state index is 5.69. The molecule has 2 rings (SSSR count). The van der Waals surface area contributed by atoms with Crippen molar-refractivity contribution in [1.29, 1.82) is 0 Å². The Bertz CT molecular complexity index is 359. The molecule has 0 aliphatic carbocycles. The molecular weight excluding hydrogens is 212 g/mol. The normalized spacial score (nSPS) is 19.4. The lowest BCUT2D eigenvalue weighted by atomic mass is 9.93. The van der Waals surface area contributed by atoms with Gasteiger partial charge in [-0.2, -0.15) is 0 Å². The topological polar surface area (TPSA) is 38.5 Å². The van der Waals surface area contributed by atoms with Crippen LogP contribution in [0.5, 0.6) is 5.75 Å². The van der Waals surface area contributed by atoms with Crippen molar-refractivity contribution < 1.29 is 4.74 Å². The molecule has 1 heterocycles. The second-order valence-corrected chi connectivity index (χ2v) is 5.61. The summed E-state index contributed by atoms with van der Waals surface area (Å²) in [4.78, 5) is 2.47. The van der Waals surface area contributed by atoms with Gasteiger partial charge in [0, 0.05) is 18.8 Å². The fourth-order valence-electron chi connectivity index (χ4n) is 2.27. The van der Waals surface area contributed by atoms with Crippen molar-refractivity contribution in [2.45, 2.75) is 20.3 Å². The van der Waals surface area contributed by atoms with Crippen LogP contribution in [0.3, 0.4) is 0 Å². The van der Waals surface area contributed by atoms with Gasteiger partial charge >= 0.3 is 0 Å². The molecule has 0 atom stereocenters. The van der Waals surface area contributed by atoms with Crippen molar-refractivity contribution in [3.63, 3.8) is 0 Å². The van der Waals surface area contributed by atoms with E-state index in [1.54, 1.807) is 0 Å². The van der Waals surface area contributed by atoms with Gasteiger partial charge in [0.1, 0.15) is 12.4 Å². The molecule has 17 heavy (non-hydrogen) atoms. The molecule has 0 spiro atoms. The van der Waals surface area contributed by atoms with Crippen molar-refractivity contribution in [3.8, 4) is 5.75 Å². The highest BCUT2D eigenvalue weighted by molar-refractivity contribution is 5.41. The van der Waals surface area contributed by atoms with Crippen LogP contribution in [0.25, 0.3) is 0 Å². The van der Waals surface area contributed by atoms with E-state index in [4.69, 9.17) is 10.5 Å². The summed E-state index contributed by atoms with van der Waals surface area (Å²) < 4.78 is 5.69. The standard InChI is InChI=1S/C14H22N2O/c1-14(2)7-8-16(11-14)9-10-17-13-5-3-12(15)4-6-13/h3-6H,7-11,15H2,1-2H3. The van der Waals surface area contributed by atoms with Crippen LogP contribution in [0.15, 0.2) is 24.3 Å². The second kappa shape index (κ2) is 4.96. The summed E-state index contributed by atoms with van der Waals surface area (Å²) in [5.74, 6) is 0.901. The van der Waals surface area contributed by atoms with Crippen LogP contribution >= 0.6 is 0 Å². The molecule has 2 N–H and O–H groups in total. The first kappa shape index (κ1) is 12.2. The highest BCUT2D eigenvalue weighted by atomic mass is 16.5. The molecule has 0 radical (unpaired) electrons. The molecule has 0 unspecified atom stereocenters. The monoisotopic (exact) mass is 234 g/mol. The number of nitrogen functional groups attached to an aromatic ring is 1. The fourth-order valence-corrected chi connectivity index (χ4v) is 2.27. The van der Waals surface area contributed by atoms with Crippen molar-refractivity contribution >= 4 is 5.69 Å². The zero-order valence-electron chi connectivity index (χ0n) is 10.8. The molecule has 94 valence electrons. The number of rotatable bonds is 4. The Kier molecular flexibility index (Phi) is 3.57. The van der Waals surface area contributed by atoms with E-state index in [1.165, 1.54) is 19.5 Å². The van der Waals surface area contributed by atoms with Crippen molar-refractivity contribution in [2.75, 3.05) is 32.0 Å². The Hall–Kier alpha value is -1.22. The summed E-state index contributed by atoms with van der Waals surface area (Å²) >= 11 is 0. The van der Waals surface area contributed by atoms with Gasteiger partial charge in [-0.1, -0.05) is 13.8 Å². The number of anilines is 1. The molecule has 3 heteroatoms. The molecule has 1 saturated heterocycles. The Morgan fingerprint density at radius 1 is 1.29 bits per heavy atom. The molecule has 1 aromatic rings. The number of nitrogens with zero attached hydrogens (tertiary/aromatic N) is 1. The first-order valence-electron chi connectivity index (χ1n) is 6.26. The SMILES string of the molecule is CC1(C)CCN(CCOc2ccc(N)cc2)C1. The molecular formula is C14H22N2O. The minimum Gasteiger partial charge on any atom is -0.492 e. The molecule has 1 aromatic carbocycles. The van der Waals surface area contributed by atoms with Crippen LogP contribution in [0.1, 0.15) is 20.3 Å². The van der Waals surface area contributed by atoms with Crippen LogP contribution < -0.4 is 10.5 Å². The number of hydrogen-bond donors (Lipinski definition) is 1. The highest BCUT2D eigenvalue weighted by Crippen LogP contribution is 2.28. The van der Waals surface area contributed by atoms with Crippen molar-refractivity contribution in [1.82, 2.24) is 4.90 Å². The first-order chi connectivity index (χ1) is 8.05. The van der Waals surface area contributed by atoms with E-state index in [-0.39, 0.29) is 0 Å². The predicted molar refractivity (Wildman–Crippen MR) is 71.2 cm³/mol. The smallest absolute Gasteiger partial charge is 0.119 e. The van der Waals surface area contributed by atoms with Crippen molar-refractivity contribution in [2.24, 2.45) is 5.41 Å². The molecule has 0 amide bonds. The van der Waals surface area contributed by atoms with Crippen LogP contribution in [0.4, 0.5) is 5.69 Å². The van der Waals surface area contributed by atoms with Gasteiger partial charge in [0.2, 0.25) is 0 Å². The van der Waals surface area contributed by atoms with Gasteiger partial charge in [0.25, 0.3) is 0 Å². The molecule has 0 aromatic heterocycles. The number of likely N-dealkylation sites (tertiary alicyclic amines) is 1. The first-order valence-corrected chi connectivity index (χ1v) is 6.26. The third-order valence-electron chi connectivity index (χ3n) is 3.31. The summed E-state index contributed by atoms with van der Waals surface area (Å²) in [7, 11) is 0. The fraction of sp³-hybridized carbons (Fsp3) is 0.571. The molecule has 1 aliphatic rings. The lowest BCUT2D eigenvalue weighted by molar-refractivity contribution is 0.222. The van der Waals surface area contributed by atoms with Gasteiger partial charge in [-0.25, -0.2) is 0 Å². The minimum absolute atomic E-state index is 0.473. The van der Waals surface area contributed by atoms with E-state index < -0.39 is 0 Å². The van der Waals surface area contributed by atoms with E-state index in [2.05, 4.69) is 18.7 Å². The molecule has 0 saturated carbocycles. The zero-order valence-corrected chi connectivity index (χ0v) is 10.8. The number of benzene rings is 1. The average molecular weight is 234 g/mol. The van der Waals surface area contributed by atoms with Gasteiger partial charge in [-0.15, -0.1) is 0 Å². The summed E-state index contributed by atoms with van der Waals surface area (Å²) in [6.45, 7) is 8.78. The average Bonchev–Trinajstić information content (AvgIpc) is 2.61. The van der Waals surface area contributed by atoms with Gasteiger partial charge < -0.3 is 10.5 Å². The molecule has 1 aliphatic heterocycles. The highest BCUT2D eigenvalue weighted by Gasteiger charge is 2.28. The summed E-state index contributed by atoms with van der Waals surface area (Å²) in [6.07, 6.45) is 1.29. The van der Waals surface area contributed by atoms with Gasteiger partial charge in [0.05, 0.1) is 0 Å². The van der Waals surface area contributed by atoms with E-state index in [9.17, 15) is 0 Å². The van der Waals surface area contributed by atoms with Crippen molar-refractivity contribution in [3.05, 3.63) is 24.3 Å².